The molecule has 2 saturated heterocycles. The van der Waals surface area contributed by atoms with E-state index in [9.17, 15) is 15.2 Å². The van der Waals surface area contributed by atoms with E-state index in [2.05, 4.69) is 6.07 Å². The maximum atomic E-state index is 17.3. The summed E-state index contributed by atoms with van der Waals surface area (Å²) in [5, 5.41) is 21.6. The number of fused-ring (bicyclic) bond motifs is 7. The number of ketones is 1. The number of alkyl halides is 2. The minimum atomic E-state index is -2.17. The highest BCUT2D eigenvalue weighted by Crippen LogP contribution is 2.74. The zero-order valence-electron chi connectivity index (χ0n) is 19.0. The Kier molecular flexibility index (Phi) is 4.18. The molecule has 0 bridgehead atoms. The number of aliphatic hydroxyl groups is 1. The van der Waals surface area contributed by atoms with Crippen LogP contribution in [-0.2, 0) is 19.0 Å². The van der Waals surface area contributed by atoms with E-state index in [0.717, 1.165) is 0 Å². The summed E-state index contributed by atoms with van der Waals surface area (Å²) in [7, 11) is 0. The van der Waals surface area contributed by atoms with Crippen LogP contribution in [0.15, 0.2) is 23.8 Å². The molecule has 1 N–H and O–H groups in total. The van der Waals surface area contributed by atoms with Crippen LogP contribution in [0.25, 0.3) is 0 Å². The van der Waals surface area contributed by atoms with Crippen molar-refractivity contribution in [1.29, 1.82) is 5.26 Å². The van der Waals surface area contributed by atoms with Gasteiger partial charge in [-0.2, -0.15) is 5.26 Å². The topological polar surface area (TPSA) is 92.1 Å². The van der Waals surface area contributed by atoms with E-state index in [1.165, 1.54) is 18.2 Å². The van der Waals surface area contributed by atoms with Crippen molar-refractivity contribution >= 4 is 5.78 Å². The van der Waals surface area contributed by atoms with E-state index in [4.69, 9.17) is 14.2 Å². The summed E-state index contributed by atoms with van der Waals surface area (Å²) >= 11 is 0. The summed E-state index contributed by atoms with van der Waals surface area (Å²) in [6.07, 6.45) is 0.767. The van der Waals surface area contributed by atoms with Gasteiger partial charge in [0.15, 0.2) is 17.7 Å². The second-order valence-electron chi connectivity index (χ2n) is 11.1. The summed E-state index contributed by atoms with van der Waals surface area (Å²) in [5.41, 5.74) is -6.76. The fourth-order valence-corrected chi connectivity index (χ4v) is 8.39. The van der Waals surface area contributed by atoms with Gasteiger partial charge in [-0.1, -0.05) is 19.9 Å². The molecule has 11 atom stereocenters. The summed E-state index contributed by atoms with van der Waals surface area (Å²) in [5.74, 6) is -1.61. The first-order valence-electron chi connectivity index (χ1n) is 11.9. The highest BCUT2D eigenvalue weighted by atomic mass is 19.1. The maximum Gasteiger partial charge on any atom is 0.209 e. The lowest BCUT2D eigenvalue weighted by molar-refractivity contribution is -0.244. The standard InChI is InChI=1S/C25H29F2NO5/c1-4-20-32-19-9-14-15-8-17(26)16-7-13(29)5-6-21(16,2)24(15,27)18(30)10-22(14,3)25(19,33-20)23(11-28)12-31-23/h5-7,14-15,17-20,30H,4,8-10,12H2,1-3H3/t14-,15-,17-,18-,19+,20?,21-,22-,23?,24-,25+/m0/s1. The van der Waals surface area contributed by atoms with Crippen molar-refractivity contribution in [2.45, 2.75) is 88.0 Å². The Labute approximate surface area is 191 Å². The van der Waals surface area contributed by atoms with Crippen molar-refractivity contribution in [3.05, 3.63) is 23.8 Å². The van der Waals surface area contributed by atoms with E-state index < -0.39 is 64.2 Å². The number of carbonyl (C=O) groups is 1. The highest BCUT2D eigenvalue weighted by molar-refractivity contribution is 6.01. The molecule has 2 unspecified atom stereocenters. The van der Waals surface area contributed by atoms with E-state index in [-0.39, 0.29) is 30.8 Å². The number of carbonyl (C=O) groups excluding carboxylic acids is 1. The van der Waals surface area contributed by atoms with Crippen molar-refractivity contribution in [2.24, 2.45) is 22.7 Å². The maximum absolute atomic E-state index is 17.3. The van der Waals surface area contributed by atoms with Gasteiger partial charge in [-0.25, -0.2) is 8.78 Å². The first-order chi connectivity index (χ1) is 15.5. The molecule has 0 spiro atoms. The van der Waals surface area contributed by atoms with Crippen LogP contribution >= 0.6 is 0 Å². The molecular weight excluding hydrogens is 432 g/mol. The average molecular weight is 462 g/mol. The van der Waals surface area contributed by atoms with Gasteiger partial charge in [-0.15, -0.1) is 0 Å². The van der Waals surface area contributed by atoms with Crippen LogP contribution in [0.4, 0.5) is 8.78 Å². The van der Waals surface area contributed by atoms with Gasteiger partial charge in [-0.05, 0) is 56.3 Å². The number of rotatable bonds is 2. The van der Waals surface area contributed by atoms with Gasteiger partial charge >= 0.3 is 0 Å². The molecule has 0 aromatic carbocycles. The molecule has 2 aliphatic heterocycles. The fourth-order valence-electron chi connectivity index (χ4n) is 8.39. The van der Waals surface area contributed by atoms with E-state index in [0.29, 0.717) is 12.8 Å². The number of ether oxygens (including phenoxy) is 3. The number of allylic oxidation sites excluding steroid dienone is 4. The van der Waals surface area contributed by atoms with Crippen LogP contribution in [0.3, 0.4) is 0 Å². The second-order valence-corrected chi connectivity index (χ2v) is 11.1. The van der Waals surface area contributed by atoms with Gasteiger partial charge < -0.3 is 19.3 Å². The zero-order valence-corrected chi connectivity index (χ0v) is 19.0. The molecular formula is C25H29F2NO5. The lowest BCUT2D eigenvalue weighted by atomic mass is 9.44. The largest absolute Gasteiger partial charge is 0.390 e. The summed E-state index contributed by atoms with van der Waals surface area (Å²) in [6, 6.07) is 2.29. The summed E-state index contributed by atoms with van der Waals surface area (Å²) in [4.78, 5) is 12.0. The van der Waals surface area contributed by atoms with E-state index >= 15 is 8.78 Å². The Hall–Kier alpha value is -1.66. The third-order valence-electron chi connectivity index (χ3n) is 9.97. The Morgan fingerprint density at radius 2 is 2.03 bits per heavy atom. The Morgan fingerprint density at radius 1 is 1.30 bits per heavy atom. The first kappa shape index (κ1) is 21.8. The highest BCUT2D eigenvalue weighted by Gasteiger charge is 2.85. The third kappa shape index (κ3) is 2.20. The van der Waals surface area contributed by atoms with Gasteiger partial charge in [0.25, 0.3) is 0 Å². The molecule has 5 fully saturated rings. The van der Waals surface area contributed by atoms with Crippen molar-refractivity contribution in [3.63, 3.8) is 0 Å². The predicted octanol–water partition coefficient (Wildman–Crippen LogP) is 3.10. The van der Waals surface area contributed by atoms with Crippen LogP contribution in [0.5, 0.6) is 0 Å². The van der Waals surface area contributed by atoms with Gasteiger partial charge in [-0.3, -0.25) is 4.79 Å². The SMILES string of the molecule is CCC1O[C@@H]2C[C@H]3[C@@H]4C[C@H](F)C5=CC(=O)C=C[C@]5(C)[C@@]4(F)[C@@H](O)C[C@]3(C)[C@]2(C2(C#N)CO2)O1. The molecule has 4 aliphatic carbocycles. The van der Waals surface area contributed by atoms with Gasteiger partial charge in [0.2, 0.25) is 5.60 Å². The molecule has 0 aromatic heterocycles. The number of nitrogens with zero attached hydrogens (tertiary/aromatic N) is 1. The van der Waals surface area contributed by atoms with Gasteiger partial charge in [0.1, 0.15) is 17.8 Å². The van der Waals surface area contributed by atoms with Crippen molar-refractivity contribution < 1.29 is 32.9 Å². The molecule has 6 nitrogen and oxygen atoms in total. The minimum Gasteiger partial charge on any atom is -0.390 e. The van der Waals surface area contributed by atoms with Crippen LogP contribution in [0.1, 0.15) is 46.5 Å². The van der Waals surface area contributed by atoms with Gasteiger partial charge in [0.05, 0.1) is 18.8 Å². The number of halogens is 2. The molecule has 6 rings (SSSR count). The molecule has 6 aliphatic rings. The first-order valence-corrected chi connectivity index (χ1v) is 11.9. The molecule has 0 amide bonds. The number of hydrogen-bond acceptors (Lipinski definition) is 6. The molecule has 0 aromatic rings. The molecule has 2 heterocycles. The van der Waals surface area contributed by atoms with Gasteiger partial charge in [0, 0.05) is 16.7 Å². The van der Waals surface area contributed by atoms with E-state index in [1.807, 2.05) is 13.8 Å². The van der Waals surface area contributed by atoms with Crippen LogP contribution < -0.4 is 0 Å². The average Bonchev–Trinajstić information content (AvgIpc) is 3.43. The summed E-state index contributed by atoms with van der Waals surface area (Å²) < 4.78 is 51.2. The second kappa shape index (κ2) is 6.31. The smallest absolute Gasteiger partial charge is 0.209 e. The molecule has 178 valence electrons. The monoisotopic (exact) mass is 461 g/mol. The fraction of sp³-hybridized carbons (Fsp3) is 0.760. The number of epoxide rings is 1. The van der Waals surface area contributed by atoms with Crippen LogP contribution in [0.2, 0.25) is 0 Å². The Balaban J connectivity index is 1.50. The number of nitriles is 1. The molecule has 0 radical (unpaired) electrons. The Morgan fingerprint density at radius 3 is 2.67 bits per heavy atom. The number of aliphatic hydroxyl groups excluding tert-OH is 1. The van der Waals surface area contributed by atoms with E-state index in [1.54, 1.807) is 6.92 Å². The normalized spacial score (nSPS) is 58.6. The van der Waals surface area contributed by atoms with Crippen LogP contribution in [-0.4, -0.2) is 59.0 Å². The predicted molar refractivity (Wildman–Crippen MR) is 111 cm³/mol. The zero-order chi connectivity index (χ0) is 23.6. The quantitative estimate of drug-likeness (QED) is 0.636. The lowest BCUT2D eigenvalue weighted by Crippen LogP contribution is -2.71. The Bertz CT molecular complexity index is 1030. The van der Waals surface area contributed by atoms with Crippen LogP contribution in [0, 0.1) is 34.0 Å². The molecule has 8 heteroatoms. The summed E-state index contributed by atoms with van der Waals surface area (Å²) in [6.45, 7) is 5.61. The lowest BCUT2D eigenvalue weighted by Gasteiger charge is -2.63. The van der Waals surface area contributed by atoms with Crippen molar-refractivity contribution in [3.8, 4) is 6.07 Å². The van der Waals surface area contributed by atoms with Crippen molar-refractivity contribution in [1.82, 2.24) is 0 Å². The third-order valence-corrected chi connectivity index (χ3v) is 9.97. The molecule has 3 saturated carbocycles. The minimum absolute atomic E-state index is 0.0232. The number of hydrogen-bond donors (Lipinski definition) is 1. The van der Waals surface area contributed by atoms with Crippen molar-refractivity contribution in [2.75, 3.05) is 6.61 Å². The molecule has 33 heavy (non-hydrogen) atoms.